The fraction of sp³-hybridized carbons (Fsp3) is 0.300. The third kappa shape index (κ3) is 4.80. The number of benzene rings is 1. The molecule has 29 heavy (non-hydrogen) atoms. The average molecular weight is 411 g/mol. The largest absolute Gasteiger partial charge is 0.345 e. The lowest BCUT2D eigenvalue weighted by Crippen LogP contribution is -2.48. The van der Waals surface area contributed by atoms with E-state index in [2.05, 4.69) is 20.2 Å². The van der Waals surface area contributed by atoms with Crippen molar-refractivity contribution in [2.45, 2.75) is 13.0 Å². The predicted molar refractivity (Wildman–Crippen MR) is 112 cm³/mol. The summed E-state index contributed by atoms with van der Waals surface area (Å²) in [6.07, 6.45) is 7.32. The zero-order chi connectivity index (χ0) is 20.1. The Labute approximate surface area is 172 Å². The number of rotatable bonds is 6. The Morgan fingerprint density at radius 3 is 2.72 bits per heavy atom. The predicted octanol–water partition coefficient (Wildman–Crippen LogP) is 2.33. The fourth-order valence-electron chi connectivity index (χ4n) is 3.26. The highest BCUT2D eigenvalue weighted by Crippen LogP contribution is 2.20. The van der Waals surface area contributed by atoms with Gasteiger partial charge in [-0.1, -0.05) is 6.07 Å². The van der Waals surface area contributed by atoms with E-state index >= 15 is 0 Å². The highest BCUT2D eigenvalue weighted by Gasteiger charge is 2.23. The normalized spacial score (nSPS) is 14.1. The molecule has 0 saturated carbocycles. The quantitative estimate of drug-likeness (QED) is 0.674. The molecule has 8 nitrogen and oxygen atoms in total. The lowest BCUT2D eigenvalue weighted by atomic mass is 10.1. The molecular formula is C20H22N6O2S. The summed E-state index contributed by atoms with van der Waals surface area (Å²) in [7, 11) is 0. The van der Waals surface area contributed by atoms with Gasteiger partial charge < -0.3 is 19.7 Å². The minimum absolute atomic E-state index is 0.0155. The van der Waals surface area contributed by atoms with Gasteiger partial charge in [0.2, 0.25) is 5.91 Å². The van der Waals surface area contributed by atoms with E-state index in [-0.39, 0.29) is 11.8 Å². The number of thiazole rings is 1. The molecule has 3 aromatic rings. The van der Waals surface area contributed by atoms with Crippen molar-refractivity contribution in [1.29, 1.82) is 0 Å². The first-order chi connectivity index (χ1) is 14.2. The van der Waals surface area contributed by atoms with Crippen molar-refractivity contribution < 1.29 is 9.59 Å². The van der Waals surface area contributed by atoms with Gasteiger partial charge in [-0.05, 0) is 18.2 Å². The van der Waals surface area contributed by atoms with Crippen molar-refractivity contribution in [2.75, 3.05) is 36.4 Å². The Morgan fingerprint density at radius 2 is 2.00 bits per heavy atom. The molecule has 0 atom stereocenters. The first-order valence-corrected chi connectivity index (χ1v) is 10.4. The van der Waals surface area contributed by atoms with Crippen molar-refractivity contribution in [3.63, 3.8) is 0 Å². The molecule has 1 aliphatic heterocycles. The van der Waals surface area contributed by atoms with Gasteiger partial charge in [-0.3, -0.25) is 9.59 Å². The van der Waals surface area contributed by atoms with Gasteiger partial charge in [-0.2, -0.15) is 0 Å². The van der Waals surface area contributed by atoms with E-state index in [1.807, 2.05) is 21.0 Å². The zero-order valence-corrected chi connectivity index (χ0v) is 16.7. The SMILES string of the molecule is O=C(CCn1ccnc1)Nc1cccc(C(=O)N2CCN(c3nccs3)CC2)c1. The van der Waals surface area contributed by atoms with E-state index in [9.17, 15) is 9.59 Å². The molecule has 0 radical (unpaired) electrons. The van der Waals surface area contributed by atoms with Gasteiger partial charge in [0.1, 0.15) is 0 Å². The molecule has 1 fully saturated rings. The Bertz CT molecular complexity index is 949. The van der Waals surface area contributed by atoms with Crippen LogP contribution in [-0.4, -0.2) is 57.4 Å². The Hall–Kier alpha value is -3.20. The standard InChI is InChI=1S/C20H22N6O2S/c27-18(4-7-24-8-5-21-15-24)23-17-3-1-2-16(14-17)19(28)25-9-11-26(12-10-25)20-22-6-13-29-20/h1-3,5-6,8,13-15H,4,7,9-12H2,(H,23,27). The van der Waals surface area contributed by atoms with Gasteiger partial charge >= 0.3 is 0 Å². The van der Waals surface area contributed by atoms with Crippen LogP contribution in [0.3, 0.4) is 0 Å². The van der Waals surface area contributed by atoms with Gasteiger partial charge in [-0.15, -0.1) is 11.3 Å². The Balaban J connectivity index is 1.32. The first kappa shape index (κ1) is 19.1. The molecule has 2 aromatic heterocycles. The number of aryl methyl sites for hydroxylation is 1. The number of carbonyl (C=O) groups is 2. The van der Waals surface area contributed by atoms with Gasteiger partial charge in [0, 0.05) is 74.4 Å². The van der Waals surface area contributed by atoms with Crippen LogP contribution in [0.15, 0.2) is 54.6 Å². The molecule has 0 aliphatic carbocycles. The second-order valence-electron chi connectivity index (χ2n) is 6.77. The molecule has 0 unspecified atom stereocenters. The van der Waals surface area contributed by atoms with E-state index in [4.69, 9.17) is 0 Å². The number of carbonyl (C=O) groups excluding carboxylic acids is 2. The van der Waals surface area contributed by atoms with Crippen LogP contribution in [0.2, 0.25) is 0 Å². The molecule has 150 valence electrons. The molecule has 3 heterocycles. The van der Waals surface area contributed by atoms with Crippen molar-refractivity contribution >= 4 is 34.0 Å². The Morgan fingerprint density at radius 1 is 1.14 bits per heavy atom. The number of nitrogens with zero attached hydrogens (tertiary/aromatic N) is 5. The van der Waals surface area contributed by atoms with Crippen LogP contribution in [0.1, 0.15) is 16.8 Å². The third-order valence-corrected chi connectivity index (χ3v) is 5.64. The van der Waals surface area contributed by atoms with Gasteiger partial charge in [-0.25, -0.2) is 9.97 Å². The summed E-state index contributed by atoms with van der Waals surface area (Å²) in [5.74, 6) is -0.112. The smallest absolute Gasteiger partial charge is 0.254 e. The third-order valence-electron chi connectivity index (χ3n) is 4.81. The first-order valence-electron chi connectivity index (χ1n) is 9.48. The monoisotopic (exact) mass is 410 g/mol. The van der Waals surface area contributed by atoms with Crippen molar-refractivity contribution in [2.24, 2.45) is 0 Å². The van der Waals surface area contributed by atoms with Crippen LogP contribution < -0.4 is 10.2 Å². The highest BCUT2D eigenvalue weighted by molar-refractivity contribution is 7.13. The van der Waals surface area contributed by atoms with Gasteiger partial charge in [0.25, 0.3) is 5.91 Å². The maximum absolute atomic E-state index is 12.9. The van der Waals surface area contributed by atoms with E-state index in [1.165, 1.54) is 0 Å². The van der Waals surface area contributed by atoms with Crippen molar-refractivity contribution in [3.05, 3.63) is 60.1 Å². The van der Waals surface area contributed by atoms with Gasteiger partial charge in [0.05, 0.1) is 6.33 Å². The summed E-state index contributed by atoms with van der Waals surface area (Å²) in [5.41, 5.74) is 1.22. The lowest BCUT2D eigenvalue weighted by molar-refractivity contribution is -0.116. The maximum atomic E-state index is 12.9. The number of amides is 2. The van der Waals surface area contributed by atoms with Crippen molar-refractivity contribution in [1.82, 2.24) is 19.4 Å². The summed E-state index contributed by atoms with van der Waals surface area (Å²) in [6, 6.07) is 7.12. The minimum atomic E-state index is -0.0969. The molecular weight excluding hydrogens is 388 g/mol. The van der Waals surface area contributed by atoms with Crippen LogP contribution in [0.25, 0.3) is 0 Å². The molecule has 1 aromatic carbocycles. The van der Waals surface area contributed by atoms with E-state index in [0.29, 0.717) is 37.3 Å². The summed E-state index contributed by atoms with van der Waals surface area (Å²) < 4.78 is 1.85. The summed E-state index contributed by atoms with van der Waals surface area (Å²) in [5, 5.41) is 5.83. The number of imidazole rings is 1. The summed E-state index contributed by atoms with van der Waals surface area (Å²) in [6.45, 7) is 3.40. The summed E-state index contributed by atoms with van der Waals surface area (Å²) >= 11 is 1.61. The van der Waals surface area contributed by atoms with Crippen LogP contribution >= 0.6 is 11.3 Å². The second-order valence-corrected chi connectivity index (χ2v) is 7.65. The number of nitrogens with one attached hydrogen (secondary N) is 1. The zero-order valence-electron chi connectivity index (χ0n) is 15.9. The molecule has 0 bridgehead atoms. The average Bonchev–Trinajstić information content (AvgIpc) is 3.46. The number of aromatic nitrogens is 3. The molecule has 2 amide bonds. The Kier molecular flexibility index (Phi) is 5.85. The van der Waals surface area contributed by atoms with Crippen LogP contribution in [0.4, 0.5) is 10.8 Å². The fourth-order valence-corrected chi connectivity index (χ4v) is 3.96. The molecule has 1 N–H and O–H groups in total. The summed E-state index contributed by atoms with van der Waals surface area (Å²) in [4.78, 5) is 37.4. The molecule has 9 heteroatoms. The van der Waals surface area contributed by atoms with Crippen LogP contribution in [-0.2, 0) is 11.3 Å². The van der Waals surface area contributed by atoms with Gasteiger partial charge in [0.15, 0.2) is 5.13 Å². The van der Waals surface area contributed by atoms with Crippen molar-refractivity contribution in [3.8, 4) is 0 Å². The van der Waals surface area contributed by atoms with E-state index < -0.39 is 0 Å². The molecule has 1 aliphatic rings. The van der Waals surface area contributed by atoms with Crippen LogP contribution in [0, 0.1) is 0 Å². The lowest BCUT2D eigenvalue weighted by Gasteiger charge is -2.34. The minimum Gasteiger partial charge on any atom is -0.345 e. The van der Waals surface area contributed by atoms with E-state index in [1.54, 1.807) is 54.3 Å². The number of piperazine rings is 1. The molecule has 4 rings (SSSR count). The second kappa shape index (κ2) is 8.87. The number of hydrogen-bond acceptors (Lipinski definition) is 6. The number of hydrogen-bond donors (Lipinski definition) is 1. The maximum Gasteiger partial charge on any atom is 0.254 e. The number of anilines is 2. The van der Waals surface area contributed by atoms with E-state index in [0.717, 1.165) is 18.2 Å². The topological polar surface area (TPSA) is 83.4 Å². The molecule has 0 spiro atoms. The van der Waals surface area contributed by atoms with Crippen LogP contribution in [0.5, 0.6) is 0 Å². The molecule has 1 saturated heterocycles. The highest BCUT2D eigenvalue weighted by atomic mass is 32.1.